The van der Waals surface area contributed by atoms with Gasteiger partial charge in [0.05, 0.1) is 10.9 Å². The summed E-state index contributed by atoms with van der Waals surface area (Å²) in [6.07, 6.45) is 2.60. The van der Waals surface area contributed by atoms with Crippen LogP contribution >= 0.6 is 22.9 Å². The fraction of sp³-hybridized carbons (Fsp3) is 0.722. The van der Waals surface area contributed by atoms with Crippen molar-refractivity contribution in [3.8, 4) is 0 Å². The third kappa shape index (κ3) is 4.55. The van der Waals surface area contributed by atoms with E-state index in [9.17, 15) is 4.79 Å². The van der Waals surface area contributed by atoms with Gasteiger partial charge >= 0.3 is 0 Å². The lowest BCUT2D eigenvalue weighted by Gasteiger charge is -2.49. The van der Waals surface area contributed by atoms with Gasteiger partial charge in [0.2, 0.25) is 5.91 Å². The monoisotopic (exact) mass is 385 g/mol. The molecule has 0 aromatic carbocycles. The predicted molar refractivity (Wildman–Crippen MR) is 102 cm³/mol. The van der Waals surface area contributed by atoms with Gasteiger partial charge in [0.25, 0.3) is 0 Å². The molecule has 0 radical (unpaired) electrons. The molecule has 1 spiro atoms. The Morgan fingerprint density at radius 1 is 1.28 bits per heavy atom. The van der Waals surface area contributed by atoms with Crippen molar-refractivity contribution in [2.75, 3.05) is 53.5 Å². The van der Waals surface area contributed by atoms with E-state index < -0.39 is 0 Å². The number of hydrogen-bond acceptors (Lipinski definition) is 5. The second kappa shape index (κ2) is 8.35. The molecule has 2 aliphatic rings. The van der Waals surface area contributed by atoms with Gasteiger partial charge in [-0.1, -0.05) is 11.6 Å². The number of piperazine rings is 1. The average molecular weight is 386 g/mol. The summed E-state index contributed by atoms with van der Waals surface area (Å²) < 4.78 is 6.01. The summed E-state index contributed by atoms with van der Waals surface area (Å²) >= 11 is 7.74. The van der Waals surface area contributed by atoms with Crippen molar-refractivity contribution in [1.82, 2.24) is 14.7 Å². The maximum absolute atomic E-state index is 12.5. The average Bonchev–Trinajstić information content (AvgIpc) is 2.93. The molecule has 1 unspecified atom stereocenters. The molecule has 0 saturated carbocycles. The van der Waals surface area contributed by atoms with Crippen molar-refractivity contribution in [2.24, 2.45) is 0 Å². The van der Waals surface area contributed by atoms with Crippen LogP contribution in [0, 0.1) is 0 Å². The zero-order valence-electron chi connectivity index (χ0n) is 15.2. The summed E-state index contributed by atoms with van der Waals surface area (Å²) in [5.41, 5.74) is 0.0940. The second-order valence-corrected chi connectivity index (χ2v) is 8.99. The topological polar surface area (TPSA) is 36.0 Å². The third-order valence-electron chi connectivity index (χ3n) is 5.66. The van der Waals surface area contributed by atoms with Gasteiger partial charge in [0.15, 0.2) is 0 Å². The van der Waals surface area contributed by atoms with Crippen LogP contribution in [-0.2, 0) is 16.1 Å². The standard InChI is InChI=1S/C18H28ClN3O2S/c1-20-9-10-21(13-15-3-4-16(19)25-15)14-18(20)6-5-17(23)22(8-7-18)11-12-24-2/h3-4H,5-14H2,1-2H3. The Kier molecular flexibility index (Phi) is 6.39. The van der Waals surface area contributed by atoms with Crippen molar-refractivity contribution in [1.29, 1.82) is 0 Å². The molecule has 1 amide bonds. The SMILES string of the molecule is COCCN1CCC2(CCC1=O)CN(Cc1ccc(Cl)s1)CCN2C. The number of likely N-dealkylation sites (tertiary alicyclic amines) is 1. The van der Waals surface area contributed by atoms with Gasteiger partial charge in [-0.3, -0.25) is 14.6 Å². The Bertz CT molecular complexity index is 597. The van der Waals surface area contributed by atoms with Gasteiger partial charge in [0.1, 0.15) is 0 Å². The van der Waals surface area contributed by atoms with Gasteiger partial charge < -0.3 is 9.64 Å². The largest absolute Gasteiger partial charge is 0.383 e. The quantitative estimate of drug-likeness (QED) is 0.780. The fourth-order valence-electron chi connectivity index (χ4n) is 4.00. The molecule has 3 heterocycles. The molecular weight excluding hydrogens is 358 g/mol. The highest BCUT2D eigenvalue weighted by molar-refractivity contribution is 7.16. The van der Waals surface area contributed by atoms with Crippen molar-refractivity contribution in [3.63, 3.8) is 0 Å². The van der Waals surface area contributed by atoms with E-state index in [0.29, 0.717) is 19.6 Å². The van der Waals surface area contributed by atoms with Crippen molar-refractivity contribution in [3.05, 3.63) is 21.3 Å². The van der Waals surface area contributed by atoms with Crippen LogP contribution in [0.1, 0.15) is 24.1 Å². The van der Waals surface area contributed by atoms with Crippen LogP contribution in [0.2, 0.25) is 4.34 Å². The van der Waals surface area contributed by atoms with E-state index >= 15 is 0 Å². The van der Waals surface area contributed by atoms with Crippen LogP contribution in [0.4, 0.5) is 0 Å². The fourth-order valence-corrected chi connectivity index (χ4v) is 5.14. The van der Waals surface area contributed by atoms with E-state index in [-0.39, 0.29) is 11.4 Å². The molecule has 2 fully saturated rings. The Hall–Kier alpha value is -0.660. The maximum atomic E-state index is 12.5. The Morgan fingerprint density at radius 3 is 2.84 bits per heavy atom. The number of rotatable bonds is 5. The normalized spacial score (nSPS) is 26.4. The zero-order chi connectivity index (χ0) is 17.9. The predicted octanol–water partition coefficient (Wildman–Crippen LogP) is 2.55. The number of nitrogens with zero attached hydrogens (tertiary/aromatic N) is 3. The first-order valence-electron chi connectivity index (χ1n) is 8.97. The molecule has 1 atom stereocenters. The Morgan fingerprint density at radius 2 is 2.12 bits per heavy atom. The first kappa shape index (κ1) is 19.1. The minimum absolute atomic E-state index is 0.0940. The van der Waals surface area contributed by atoms with E-state index in [1.54, 1.807) is 18.4 Å². The van der Waals surface area contributed by atoms with Crippen LogP contribution in [0.5, 0.6) is 0 Å². The number of methoxy groups -OCH3 is 1. The summed E-state index contributed by atoms with van der Waals surface area (Å²) in [7, 11) is 3.90. The van der Waals surface area contributed by atoms with Crippen molar-refractivity contribution >= 4 is 28.8 Å². The number of thiophene rings is 1. The summed E-state index contributed by atoms with van der Waals surface area (Å²) in [6, 6.07) is 4.10. The minimum Gasteiger partial charge on any atom is -0.383 e. The molecular formula is C18H28ClN3O2S. The van der Waals surface area contributed by atoms with Crippen LogP contribution in [0.3, 0.4) is 0 Å². The van der Waals surface area contributed by atoms with E-state index in [2.05, 4.69) is 22.9 Å². The molecule has 2 aliphatic heterocycles. The summed E-state index contributed by atoms with van der Waals surface area (Å²) in [5, 5.41) is 0. The molecule has 1 aromatic rings. The minimum atomic E-state index is 0.0940. The lowest BCUT2D eigenvalue weighted by Crippen LogP contribution is -2.60. The molecule has 5 nitrogen and oxygen atoms in total. The molecule has 1 aromatic heterocycles. The van der Waals surface area contributed by atoms with Gasteiger partial charge in [-0.05, 0) is 32.0 Å². The molecule has 0 N–H and O–H groups in total. The number of hydrogen-bond donors (Lipinski definition) is 0. The summed E-state index contributed by atoms with van der Waals surface area (Å²) in [4.78, 5) is 20.8. The van der Waals surface area contributed by atoms with Gasteiger partial charge in [-0.2, -0.15) is 0 Å². The second-order valence-electron chi connectivity index (χ2n) is 7.19. The molecule has 7 heteroatoms. The molecule has 0 aliphatic carbocycles. The van der Waals surface area contributed by atoms with E-state index in [1.807, 2.05) is 11.0 Å². The summed E-state index contributed by atoms with van der Waals surface area (Å²) in [6.45, 7) is 6.22. The number of ether oxygens (including phenoxy) is 1. The van der Waals surface area contributed by atoms with Crippen LogP contribution < -0.4 is 0 Å². The van der Waals surface area contributed by atoms with Crippen LogP contribution in [0.15, 0.2) is 12.1 Å². The summed E-state index contributed by atoms with van der Waals surface area (Å²) in [5.74, 6) is 0.268. The number of likely N-dealkylation sites (N-methyl/N-ethyl adjacent to an activating group) is 1. The molecule has 25 heavy (non-hydrogen) atoms. The first-order valence-corrected chi connectivity index (χ1v) is 10.2. The highest BCUT2D eigenvalue weighted by atomic mass is 35.5. The maximum Gasteiger partial charge on any atom is 0.222 e. The van der Waals surface area contributed by atoms with E-state index in [1.165, 1.54) is 4.88 Å². The van der Waals surface area contributed by atoms with Crippen molar-refractivity contribution < 1.29 is 9.53 Å². The molecule has 0 bridgehead atoms. The van der Waals surface area contributed by atoms with E-state index in [0.717, 1.165) is 49.9 Å². The van der Waals surface area contributed by atoms with Gasteiger partial charge in [-0.15, -0.1) is 11.3 Å². The van der Waals surface area contributed by atoms with Gasteiger partial charge in [-0.25, -0.2) is 0 Å². The molecule has 140 valence electrons. The zero-order valence-corrected chi connectivity index (χ0v) is 16.7. The molecule has 3 rings (SSSR count). The van der Waals surface area contributed by atoms with Gasteiger partial charge in [0, 0.05) is 63.2 Å². The third-order valence-corrected chi connectivity index (χ3v) is 6.87. The lowest BCUT2D eigenvalue weighted by molar-refractivity contribution is -0.131. The number of halogens is 1. The molecule has 2 saturated heterocycles. The van der Waals surface area contributed by atoms with E-state index in [4.69, 9.17) is 16.3 Å². The Balaban J connectivity index is 1.66. The number of amides is 1. The van der Waals surface area contributed by atoms with Crippen LogP contribution in [0.25, 0.3) is 0 Å². The number of carbonyl (C=O) groups excluding carboxylic acids is 1. The van der Waals surface area contributed by atoms with Crippen LogP contribution in [-0.4, -0.2) is 79.6 Å². The lowest BCUT2D eigenvalue weighted by atomic mass is 9.86. The Labute approximate surface area is 159 Å². The smallest absolute Gasteiger partial charge is 0.222 e. The highest BCUT2D eigenvalue weighted by Gasteiger charge is 2.42. The number of carbonyl (C=O) groups is 1. The first-order chi connectivity index (χ1) is 12.0. The van der Waals surface area contributed by atoms with Crippen molar-refractivity contribution in [2.45, 2.75) is 31.3 Å². The highest BCUT2D eigenvalue weighted by Crippen LogP contribution is 2.33.